The van der Waals surface area contributed by atoms with E-state index in [1.165, 1.54) is 32.1 Å². The molecule has 0 fully saturated rings. The Balaban J connectivity index is 2.35. The Morgan fingerprint density at radius 2 is 2.00 bits per heavy atom. The Morgan fingerprint density at radius 3 is 2.45 bits per heavy atom. The summed E-state index contributed by atoms with van der Waals surface area (Å²) in [5.74, 6) is 0.833. The molecule has 1 aliphatic rings. The molecule has 0 aromatic heterocycles. The van der Waals surface area contributed by atoms with Crippen LogP contribution in [0, 0.1) is 5.41 Å². The topological polar surface area (TPSA) is 0 Å². The van der Waals surface area contributed by atoms with Crippen LogP contribution in [0.4, 0.5) is 0 Å². The maximum Gasteiger partial charge on any atom is 0.0285 e. The number of hydrogen-bond donors (Lipinski definition) is 0. The zero-order chi connectivity index (χ0) is 8.16. The molecule has 0 aliphatic heterocycles. The predicted octanol–water partition coefficient (Wildman–Crippen LogP) is 3.75. The summed E-state index contributed by atoms with van der Waals surface area (Å²) < 4.78 is 0. The van der Waals surface area contributed by atoms with E-state index in [2.05, 4.69) is 19.1 Å². The van der Waals surface area contributed by atoms with Crippen LogP contribution >= 0.6 is 11.6 Å². The van der Waals surface area contributed by atoms with Gasteiger partial charge in [0.05, 0.1) is 0 Å². The summed E-state index contributed by atoms with van der Waals surface area (Å²) in [4.78, 5) is 0. The van der Waals surface area contributed by atoms with Crippen molar-refractivity contribution in [2.45, 2.75) is 39.0 Å². The first kappa shape index (κ1) is 9.12. The van der Waals surface area contributed by atoms with Gasteiger partial charge in [0.15, 0.2) is 0 Å². The summed E-state index contributed by atoms with van der Waals surface area (Å²) >= 11 is 5.96. The molecule has 0 N–H and O–H groups in total. The van der Waals surface area contributed by atoms with Crippen LogP contribution in [0.3, 0.4) is 0 Å². The summed E-state index contributed by atoms with van der Waals surface area (Å²) in [6.45, 7) is 2.24. The van der Waals surface area contributed by atoms with E-state index in [1.54, 1.807) is 0 Å². The monoisotopic (exact) mass is 172 g/mol. The minimum Gasteiger partial charge on any atom is -0.126 e. The van der Waals surface area contributed by atoms with Gasteiger partial charge in [-0.1, -0.05) is 31.9 Å². The van der Waals surface area contributed by atoms with Gasteiger partial charge in [0.25, 0.3) is 0 Å². The predicted molar refractivity (Wildman–Crippen MR) is 51.1 cm³/mol. The second kappa shape index (κ2) is 4.15. The van der Waals surface area contributed by atoms with Crippen molar-refractivity contribution >= 4 is 11.6 Å². The standard InChI is InChI=1S/C10H17Cl/c1-2-3-6-10(9-11)7-4-5-8-10/h4-5H,2-3,6-9H2,1H3. The molecule has 0 saturated carbocycles. The van der Waals surface area contributed by atoms with Crippen molar-refractivity contribution in [3.8, 4) is 0 Å². The Bertz CT molecular complexity index is 130. The third-order valence-electron chi connectivity index (χ3n) is 2.61. The smallest absolute Gasteiger partial charge is 0.0285 e. The van der Waals surface area contributed by atoms with Gasteiger partial charge in [0.1, 0.15) is 0 Å². The van der Waals surface area contributed by atoms with Crippen molar-refractivity contribution in [2.75, 3.05) is 5.88 Å². The second-order valence-corrected chi connectivity index (χ2v) is 3.88. The molecule has 1 aliphatic carbocycles. The normalized spacial score (nSPS) is 20.9. The van der Waals surface area contributed by atoms with Crippen molar-refractivity contribution < 1.29 is 0 Å². The van der Waals surface area contributed by atoms with E-state index in [0.717, 1.165) is 5.88 Å². The summed E-state index contributed by atoms with van der Waals surface area (Å²) in [7, 11) is 0. The fraction of sp³-hybridized carbons (Fsp3) is 0.800. The lowest BCUT2D eigenvalue weighted by molar-refractivity contribution is 0.317. The van der Waals surface area contributed by atoms with E-state index in [0.29, 0.717) is 5.41 Å². The summed E-state index contributed by atoms with van der Waals surface area (Å²) in [5, 5.41) is 0. The first-order valence-electron chi connectivity index (χ1n) is 4.54. The fourth-order valence-corrected chi connectivity index (χ4v) is 2.03. The Kier molecular flexibility index (Phi) is 3.45. The Labute approximate surface area is 74.6 Å². The largest absolute Gasteiger partial charge is 0.126 e. The molecule has 0 radical (unpaired) electrons. The van der Waals surface area contributed by atoms with Gasteiger partial charge < -0.3 is 0 Å². The highest BCUT2D eigenvalue weighted by Crippen LogP contribution is 2.39. The van der Waals surface area contributed by atoms with Crippen molar-refractivity contribution in [3.63, 3.8) is 0 Å². The number of unbranched alkanes of at least 4 members (excludes halogenated alkanes) is 1. The molecule has 64 valence electrons. The highest BCUT2D eigenvalue weighted by molar-refractivity contribution is 6.18. The molecule has 0 heterocycles. The van der Waals surface area contributed by atoms with E-state index in [4.69, 9.17) is 11.6 Å². The zero-order valence-corrected chi connectivity index (χ0v) is 8.03. The lowest BCUT2D eigenvalue weighted by atomic mass is 9.82. The van der Waals surface area contributed by atoms with Crippen LogP contribution in [-0.2, 0) is 0 Å². The number of rotatable bonds is 4. The minimum atomic E-state index is 0.442. The lowest BCUT2D eigenvalue weighted by Gasteiger charge is -2.25. The van der Waals surface area contributed by atoms with Crippen LogP contribution in [0.1, 0.15) is 39.0 Å². The van der Waals surface area contributed by atoms with Crippen molar-refractivity contribution in [1.29, 1.82) is 0 Å². The number of hydrogen-bond acceptors (Lipinski definition) is 0. The number of allylic oxidation sites excluding steroid dienone is 2. The zero-order valence-electron chi connectivity index (χ0n) is 7.28. The molecule has 11 heavy (non-hydrogen) atoms. The van der Waals surface area contributed by atoms with Crippen LogP contribution in [-0.4, -0.2) is 5.88 Å². The molecular weight excluding hydrogens is 156 g/mol. The molecule has 0 saturated heterocycles. The Morgan fingerprint density at radius 1 is 1.36 bits per heavy atom. The maximum atomic E-state index is 5.96. The van der Waals surface area contributed by atoms with E-state index < -0.39 is 0 Å². The van der Waals surface area contributed by atoms with Gasteiger partial charge in [-0.15, -0.1) is 11.6 Å². The van der Waals surface area contributed by atoms with Crippen LogP contribution in [0.2, 0.25) is 0 Å². The van der Waals surface area contributed by atoms with Gasteiger partial charge in [-0.2, -0.15) is 0 Å². The molecule has 0 amide bonds. The number of halogens is 1. The van der Waals surface area contributed by atoms with E-state index >= 15 is 0 Å². The molecule has 0 spiro atoms. The highest BCUT2D eigenvalue weighted by atomic mass is 35.5. The van der Waals surface area contributed by atoms with E-state index in [-0.39, 0.29) is 0 Å². The lowest BCUT2D eigenvalue weighted by Crippen LogP contribution is -2.18. The molecule has 0 nitrogen and oxygen atoms in total. The molecule has 0 aromatic rings. The van der Waals surface area contributed by atoms with Gasteiger partial charge in [-0.05, 0) is 24.7 Å². The summed E-state index contributed by atoms with van der Waals surface area (Å²) in [5.41, 5.74) is 0.442. The second-order valence-electron chi connectivity index (χ2n) is 3.62. The highest BCUT2D eigenvalue weighted by Gasteiger charge is 2.28. The SMILES string of the molecule is CCCCC1(CCl)CC=CC1. The van der Waals surface area contributed by atoms with E-state index in [1.807, 2.05) is 0 Å². The van der Waals surface area contributed by atoms with Gasteiger partial charge in [-0.3, -0.25) is 0 Å². The molecule has 0 bridgehead atoms. The first-order valence-corrected chi connectivity index (χ1v) is 5.07. The van der Waals surface area contributed by atoms with Gasteiger partial charge in [-0.25, -0.2) is 0 Å². The first-order chi connectivity index (χ1) is 5.33. The summed E-state index contributed by atoms with van der Waals surface area (Å²) in [6.07, 6.45) is 10.9. The van der Waals surface area contributed by atoms with Gasteiger partial charge in [0, 0.05) is 5.88 Å². The van der Waals surface area contributed by atoms with E-state index in [9.17, 15) is 0 Å². The molecule has 0 atom stereocenters. The molecule has 1 rings (SSSR count). The molecule has 0 unspecified atom stereocenters. The number of alkyl halides is 1. The van der Waals surface area contributed by atoms with Crippen LogP contribution in [0.15, 0.2) is 12.2 Å². The van der Waals surface area contributed by atoms with Gasteiger partial charge >= 0.3 is 0 Å². The average Bonchev–Trinajstić information content (AvgIpc) is 2.50. The maximum absolute atomic E-state index is 5.96. The fourth-order valence-electron chi connectivity index (χ4n) is 1.68. The van der Waals surface area contributed by atoms with Crippen molar-refractivity contribution in [1.82, 2.24) is 0 Å². The van der Waals surface area contributed by atoms with Crippen LogP contribution in [0.25, 0.3) is 0 Å². The minimum absolute atomic E-state index is 0.442. The molecule has 1 heteroatoms. The molecular formula is C10H17Cl. The summed E-state index contributed by atoms with van der Waals surface area (Å²) in [6, 6.07) is 0. The average molecular weight is 173 g/mol. The van der Waals surface area contributed by atoms with Crippen LogP contribution < -0.4 is 0 Å². The molecule has 0 aromatic carbocycles. The quantitative estimate of drug-likeness (QED) is 0.448. The van der Waals surface area contributed by atoms with Gasteiger partial charge in [0.2, 0.25) is 0 Å². The van der Waals surface area contributed by atoms with Crippen molar-refractivity contribution in [2.24, 2.45) is 5.41 Å². The van der Waals surface area contributed by atoms with Crippen LogP contribution in [0.5, 0.6) is 0 Å². The third kappa shape index (κ3) is 2.23. The Hall–Kier alpha value is 0.0300. The van der Waals surface area contributed by atoms with Crippen molar-refractivity contribution in [3.05, 3.63) is 12.2 Å². The third-order valence-corrected chi connectivity index (χ3v) is 3.18.